The van der Waals surface area contributed by atoms with E-state index in [4.69, 9.17) is 4.74 Å². The Bertz CT molecular complexity index is 584. The third-order valence-electron chi connectivity index (χ3n) is 2.97. The van der Waals surface area contributed by atoms with Gasteiger partial charge in [-0.15, -0.1) is 5.10 Å². The number of benzene rings is 1. The molecule has 0 saturated heterocycles. The van der Waals surface area contributed by atoms with E-state index in [1.54, 1.807) is 23.4 Å². The van der Waals surface area contributed by atoms with Crippen molar-refractivity contribution in [2.24, 2.45) is 0 Å². The number of nitrogens with zero attached hydrogens (tertiary/aromatic N) is 3. The molecule has 0 bridgehead atoms. The van der Waals surface area contributed by atoms with Gasteiger partial charge in [-0.1, -0.05) is 35.5 Å². The van der Waals surface area contributed by atoms with Crippen molar-refractivity contribution in [3.8, 4) is 11.3 Å². The van der Waals surface area contributed by atoms with Crippen molar-refractivity contribution in [1.29, 1.82) is 0 Å². The highest BCUT2D eigenvalue weighted by Gasteiger charge is 2.21. The quantitative estimate of drug-likeness (QED) is 0.581. The molecule has 1 heterocycles. The van der Waals surface area contributed by atoms with E-state index in [2.05, 4.69) is 16.6 Å². The fraction of sp³-hybridized carbons (Fsp3) is 0.400. The highest BCUT2D eigenvalue weighted by molar-refractivity contribution is 7.98. The van der Waals surface area contributed by atoms with Crippen LogP contribution in [-0.4, -0.2) is 39.6 Å². The maximum atomic E-state index is 12.0. The molecule has 5 nitrogen and oxygen atoms in total. The molecule has 6 heteroatoms. The van der Waals surface area contributed by atoms with Crippen LogP contribution in [0.25, 0.3) is 11.3 Å². The Balaban J connectivity index is 2.35. The Morgan fingerprint density at radius 2 is 2.10 bits per heavy atom. The van der Waals surface area contributed by atoms with E-state index in [1.165, 1.54) is 0 Å². The van der Waals surface area contributed by atoms with Gasteiger partial charge in [0.2, 0.25) is 0 Å². The van der Waals surface area contributed by atoms with Gasteiger partial charge in [0.05, 0.1) is 6.61 Å². The average Bonchev–Trinajstić information content (AvgIpc) is 2.93. The van der Waals surface area contributed by atoms with Crippen LogP contribution in [0.2, 0.25) is 0 Å². The van der Waals surface area contributed by atoms with Gasteiger partial charge in [-0.3, -0.25) is 0 Å². The van der Waals surface area contributed by atoms with Crippen molar-refractivity contribution < 1.29 is 9.53 Å². The van der Waals surface area contributed by atoms with Gasteiger partial charge >= 0.3 is 5.97 Å². The molecule has 0 aliphatic carbocycles. The van der Waals surface area contributed by atoms with E-state index < -0.39 is 5.97 Å². The van der Waals surface area contributed by atoms with Crippen molar-refractivity contribution in [3.05, 3.63) is 36.0 Å². The minimum atomic E-state index is -0.424. The van der Waals surface area contributed by atoms with E-state index in [1.807, 2.05) is 30.3 Å². The zero-order valence-electron chi connectivity index (χ0n) is 12.3. The monoisotopic (exact) mass is 305 g/mol. The Hall–Kier alpha value is -1.82. The smallest absolute Gasteiger partial charge is 0.361 e. The maximum absolute atomic E-state index is 12.0. The number of carbonyl (C=O) groups excluding carboxylic acids is 1. The Morgan fingerprint density at radius 3 is 2.76 bits per heavy atom. The fourth-order valence-electron chi connectivity index (χ4n) is 2.05. The second kappa shape index (κ2) is 7.83. The lowest BCUT2D eigenvalue weighted by Crippen LogP contribution is -2.09. The largest absolute Gasteiger partial charge is 0.461 e. The number of carbonyl (C=O) groups is 1. The van der Waals surface area contributed by atoms with Gasteiger partial charge in [0.15, 0.2) is 5.69 Å². The molecule has 0 aliphatic heterocycles. The number of thioether (sulfide) groups is 1. The summed E-state index contributed by atoms with van der Waals surface area (Å²) >= 11 is 1.79. The highest BCUT2D eigenvalue weighted by Crippen LogP contribution is 2.23. The van der Waals surface area contributed by atoms with Crippen LogP contribution in [-0.2, 0) is 11.3 Å². The van der Waals surface area contributed by atoms with Crippen LogP contribution in [0.4, 0.5) is 0 Å². The summed E-state index contributed by atoms with van der Waals surface area (Å²) in [5, 5.41) is 8.15. The Kier molecular flexibility index (Phi) is 5.80. The number of aryl methyl sites for hydroxylation is 1. The van der Waals surface area contributed by atoms with E-state index >= 15 is 0 Å². The standard InChI is InChI=1S/C15H19N3O2S/c1-3-20-15(19)13-14(12-8-5-4-6-9-12)18(17-16-13)10-7-11-21-2/h4-6,8-9H,3,7,10-11H2,1-2H3. The zero-order chi connectivity index (χ0) is 15.1. The summed E-state index contributed by atoms with van der Waals surface area (Å²) in [7, 11) is 0. The molecule has 0 fully saturated rings. The second-order valence-corrected chi connectivity index (χ2v) is 5.43. The summed E-state index contributed by atoms with van der Waals surface area (Å²) in [6.07, 6.45) is 3.05. The zero-order valence-corrected chi connectivity index (χ0v) is 13.1. The summed E-state index contributed by atoms with van der Waals surface area (Å²) < 4.78 is 6.86. The molecule has 0 amide bonds. The molecule has 2 aromatic rings. The summed E-state index contributed by atoms with van der Waals surface area (Å²) in [5.41, 5.74) is 1.94. The van der Waals surface area contributed by atoms with Crippen LogP contribution >= 0.6 is 11.8 Å². The van der Waals surface area contributed by atoms with Crippen molar-refractivity contribution in [1.82, 2.24) is 15.0 Å². The highest BCUT2D eigenvalue weighted by atomic mass is 32.2. The number of esters is 1. The van der Waals surface area contributed by atoms with Crippen molar-refractivity contribution in [2.75, 3.05) is 18.6 Å². The first-order valence-electron chi connectivity index (χ1n) is 6.93. The van der Waals surface area contributed by atoms with E-state index in [0.29, 0.717) is 6.61 Å². The lowest BCUT2D eigenvalue weighted by Gasteiger charge is -2.07. The molecule has 0 spiro atoms. The molecule has 0 saturated carbocycles. The topological polar surface area (TPSA) is 57.0 Å². The summed E-state index contributed by atoms with van der Waals surface area (Å²) in [5.74, 6) is 0.621. The summed E-state index contributed by atoms with van der Waals surface area (Å²) in [6, 6.07) is 9.71. The molecule has 0 aliphatic rings. The van der Waals surface area contributed by atoms with E-state index in [-0.39, 0.29) is 5.69 Å². The molecule has 0 unspecified atom stereocenters. The van der Waals surface area contributed by atoms with Gasteiger partial charge in [-0.25, -0.2) is 9.48 Å². The van der Waals surface area contributed by atoms with Gasteiger partial charge in [-0.2, -0.15) is 11.8 Å². The number of hydrogen-bond acceptors (Lipinski definition) is 5. The Labute approximate surface area is 128 Å². The molecular formula is C15H19N3O2S. The van der Waals surface area contributed by atoms with Crippen LogP contribution in [0.1, 0.15) is 23.8 Å². The summed E-state index contributed by atoms with van der Waals surface area (Å²) in [4.78, 5) is 12.0. The predicted octanol–water partition coefficient (Wildman–Crippen LogP) is 2.87. The van der Waals surface area contributed by atoms with Crippen molar-refractivity contribution >= 4 is 17.7 Å². The predicted molar refractivity (Wildman–Crippen MR) is 84.4 cm³/mol. The number of ether oxygens (including phenoxy) is 1. The van der Waals surface area contributed by atoms with E-state index in [9.17, 15) is 4.79 Å². The first-order valence-corrected chi connectivity index (χ1v) is 8.32. The maximum Gasteiger partial charge on any atom is 0.361 e. The minimum absolute atomic E-state index is 0.284. The lowest BCUT2D eigenvalue weighted by molar-refractivity contribution is 0.0520. The van der Waals surface area contributed by atoms with Crippen LogP contribution in [0.5, 0.6) is 0 Å². The van der Waals surface area contributed by atoms with Crippen molar-refractivity contribution in [3.63, 3.8) is 0 Å². The molecule has 1 aromatic carbocycles. The molecule has 0 N–H and O–H groups in total. The molecular weight excluding hydrogens is 286 g/mol. The second-order valence-electron chi connectivity index (χ2n) is 4.44. The number of hydrogen-bond donors (Lipinski definition) is 0. The van der Waals surface area contributed by atoms with Crippen LogP contribution in [0, 0.1) is 0 Å². The normalized spacial score (nSPS) is 10.6. The van der Waals surface area contributed by atoms with Crippen molar-refractivity contribution in [2.45, 2.75) is 19.9 Å². The van der Waals surface area contributed by atoms with Gasteiger partial charge in [0, 0.05) is 12.1 Å². The van der Waals surface area contributed by atoms with Crippen LogP contribution in [0.3, 0.4) is 0 Å². The Morgan fingerprint density at radius 1 is 1.33 bits per heavy atom. The molecule has 2 rings (SSSR count). The molecule has 0 atom stereocenters. The first kappa shape index (κ1) is 15.6. The first-order chi connectivity index (χ1) is 10.3. The van der Waals surface area contributed by atoms with Gasteiger partial charge < -0.3 is 4.74 Å². The van der Waals surface area contributed by atoms with E-state index in [0.717, 1.165) is 30.0 Å². The summed E-state index contributed by atoms with van der Waals surface area (Å²) in [6.45, 7) is 2.84. The number of aromatic nitrogens is 3. The molecule has 1 aromatic heterocycles. The van der Waals surface area contributed by atoms with Gasteiger partial charge in [-0.05, 0) is 25.4 Å². The molecule has 112 valence electrons. The molecule has 0 radical (unpaired) electrons. The average molecular weight is 305 g/mol. The third kappa shape index (κ3) is 3.85. The fourth-order valence-corrected chi connectivity index (χ4v) is 2.46. The van der Waals surface area contributed by atoms with Gasteiger partial charge in [0.25, 0.3) is 0 Å². The van der Waals surface area contributed by atoms with Crippen LogP contribution in [0.15, 0.2) is 30.3 Å². The lowest BCUT2D eigenvalue weighted by atomic mass is 10.1. The van der Waals surface area contributed by atoms with Gasteiger partial charge in [0.1, 0.15) is 5.69 Å². The minimum Gasteiger partial charge on any atom is -0.461 e. The number of rotatable bonds is 7. The van der Waals surface area contributed by atoms with Crippen LogP contribution < -0.4 is 0 Å². The third-order valence-corrected chi connectivity index (χ3v) is 3.67. The molecule has 21 heavy (non-hydrogen) atoms. The SMILES string of the molecule is CCOC(=O)c1nnn(CCCSC)c1-c1ccccc1.